The van der Waals surface area contributed by atoms with Gasteiger partial charge in [-0.05, 0) is 39.3 Å². The highest BCUT2D eigenvalue weighted by molar-refractivity contribution is 5.81. The van der Waals surface area contributed by atoms with Crippen molar-refractivity contribution >= 4 is 5.91 Å². The lowest BCUT2D eigenvalue weighted by Gasteiger charge is -2.43. The topological polar surface area (TPSA) is 58.4 Å². The molecule has 0 aliphatic heterocycles. The summed E-state index contributed by atoms with van der Waals surface area (Å²) in [4.78, 5) is 14.3. The third-order valence-electron chi connectivity index (χ3n) is 4.39. The molecule has 0 aromatic heterocycles. The van der Waals surface area contributed by atoms with E-state index in [0.29, 0.717) is 5.92 Å². The molecule has 4 nitrogen and oxygen atoms in total. The highest BCUT2D eigenvalue weighted by atomic mass is 16.2. The molecule has 1 rings (SSSR count). The molecule has 0 radical (unpaired) electrons. The first-order valence-corrected chi connectivity index (χ1v) is 7.58. The van der Waals surface area contributed by atoms with E-state index in [-0.39, 0.29) is 17.5 Å². The van der Waals surface area contributed by atoms with Crippen LogP contribution in [-0.4, -0.2) is 43.0 Å². The molecule has 1 aliphatic rings. The lowest BCUT2D eigenvalue weighted by Crippen LogP contribution is -2.55. The van der Waals surface area contributed by atoms with Crippen LogP contribution in [0.4, 0.5) is 0 Å². The van der Waals surface area contributed by atoms with E-state index in [2.05, 4.69) is 38.2 Å². The number of carbonyl (C=O) groups excluding carboxylic acids is 1. The van der Waals surface area contributed by atoms with Gasteiger partial charge in [0.25, 0.3) is 0 Å². The van der Waals surface area contributed by atoms with Crippen LogP contribution in [0, 0.1) is 5.92 Å². The zero-order valence-corrected chi connectivity index (χ0v) is 13.0. The Kier molecular flexibility index (Phi) is 6.27. The fourth-order valence-corrected chi connectivity index (χ4v) is 2.99. The highest BCUT2D eigenvalue weighted by Gasteiger charge is 2.34. The summed E-state index contributed by atoms with van der Waals surface area (Å²) < 4.78 is 0. The van der Waals surface area contributed by atoms with Crippen molar-refractivity contribution in [3.63, 3.8) is 0 Å². The fraction of sp³-hybridized carbons (Fsp3) is 0.933. The van der Waals surface area contributed by atoms with E-state index in [0.717, 1.165) is 13.0 Å². The Morgan fingerprint density at radius 2 is 1.84 bits per heavy atom. The van der Waals surface area contributed by atoms with E-state index in [1.54, 1.807) is 0 Å². The molecule has 19 heavy (non-hydrogen) atoms. The number of carbonyl (C=O) groups is 1. The maximum atomic E-state index is 12.0. The third-order valence-corrected chi connectivity index (χ3v) is 4.39. The Morgan fingerprint density at radius 1 is 1.26 bits per heavy atom. The second kappa shape index (κ2) is 7.25. The number of rotatable bonds is 6. The van der Waals surface area contributed by atoms with Gasteiger partial charge >= 0.3 is 0 Å². The molecule has 1 saturated carbocycles. The van der Waals surface area contributed by atoms with Gasteiger partial charge in [-0.1, -0.05) is 33.1 Å². The van der Waals surface area contributed by atoms with Crippen LogP contribution in [0.15, 0.2) is 0 Å². The molecule has 0 bridgehead atoms. The van der Waals surface area contributed by atoms with Gasteiger partial charge in [0.1, 0.15) is 0 Å². The number of amides is 1. The molecular formula is C15H31N3O. The van der Waals surface area contributed by atoms with Gasteiger partial charge in [0.15, 0.2) is 0 Å². The Hall–Kier alpha value is -0.610. The summed E-state index contributed by atoms with van der Waals surface area (Å²) in [6.07, 6.45) is 6.91. The summed E-state index contributed by atoms with van der Waals surface area (Å²) in [5, 5.41) is 3.07. The van der Waals surface area contributed by atoms with Crippen molar-refractivity contribution in [1.82, 2.24) is 10.2 Å². The molecule has 0 unspecified atom stereocenters. The van der Waals surface area contributed by atoms with Gasteiger partial charge in [-0.25, -0.2) is 0 Å². The Labute approximate surface area is 118 Å². The second-order valence-electron chi connectivity index (χ2n) is 6.63. The first-order chi connectivity index (χ1) is 8.87. The van der Waals surface area contributed by atoms with E-state index in [1.807, 2.05) is 0 Å². The van der Waals surface area contributed by atoms with Gasteiger partial charge in [-0.3, -0.25) is 4.79 Å². The normalized spacial score (nSPS) is 20.6. The SMILES string of the molecule is CC(C)C[C@H](N)C(=O)NCC1(N(C)C)CCCCC1. The molecule has 1 aliphatic carbocycles. The summed E-state index contributed by atoms with van der Waals surface area (Å²) in [5.74, 6) is 0.457. The molecule has 3 N–H and O–H groups in total. The summed E-state index contributed by atoms with van der Waals surface area (Å²) >= 11 is 0. The average molecular weight is 269 g/mol. The lowest BCUT2D eigenvalue weighted by atomic mass is 9.80. The quantitative estimate of drug-likeness (QED) is 0.772. The first kappa shape index (κ1) is 16.4. The molecule has 0 aromatic carbocycles. The lowest BCUT2D eigenvalue weighted by molar-refractivity contribution is -0.123. The maximum absolute atomic E-state index is 12.0. The van der Waals surface area contributed by atoms with Crippen molar-refractivity contribution < 1.29 is 4.79 Å². The number of likely N-dealkylation sites (N-methyl/N-ethyl adjacent to an activating group) is 1. The Morgan fingerprint density at radius 3 is 2.32 bits per heavy atom. The van der Waals surface area contributed by atoms with Gasteiger partial charge < -0.3 is 16.0 Å². The summed E-state index contributed by atoms with van der Waals surface area (Å²) in [5.41, 5.74) is 6.06. The number of nitrogens with two attached hydrogens (primary N) is 1. The van der Waals surface area contributed by atoms with Crippen molar-refractivity contribution in [2.45, 2.75) is 64.0 Å². The number of nitrogens with zero attached hydrogens (tertiary/aromatic N) is 1. The van der Waals surface area contributed by atoms with E-state index in [1.165, 1.54) is 32.1 Å². The second-order valence-corrected chi connectivity index (χ2v) is 6.63. The molecule has 4 heteroatoms. The number of nitrogens with one attached hydrogen (secondary N) is 1. The predicted molar refractivity (Wildman–Crippen MR) is 79.9 cm³/mol. The van der Waals surface area contributed by atoms with Crippen molar-refractivity contribution in [3.05, 3.63) is 0 Å². The zero-order valence-electron chi connectivity index (χ0n) is 13.0. The van der Waals surface area contributed by atoms with Crippen molar-refractivity contribution in [2.75, 3.05) is 20.6 Å². The minimum Gasteiger partial charge on any atom is -0.353 e. The minimum absolute atomic E-state index is 0.000462. The van der Waals surface area contributed by atoms with E-state index < -0.39 is 0 Å². The van der Waals surface area contributed by atoms with Crippen LogP contribution in [0.1, 0.15) is 52.4 Å². The zero-order chi connectivity index (χ0) is 14.5. The molecular weight excluding hydrogens is 238 g/mol. The molecule has 0 saturated heterocycles. The van der Waals surface area contributed by atoms with Crippen LogP contribution in [0.3, 0.4) is 0 Å². The van der Waals surface area contributed by atoms with E-state index in [4.69, 9.17) is 5.73 Å². The van der Waals surface area contributed by atoms with Crippen molar-refractivity contribution in [3.8, 4) is 0 Å². The Bertz CT molecular complexity index is 283. The molecule has 1 atom stereocenters. The predicted octanol–water partition coefficient (Wildman–Crippen LogP) is 1.74. The minimum atomic E-state index is -0.372. The van der Waals surface area contributed by atoms with E-state index >= 15 is 0 Å². The molecule has 0 heterocycles. The summed E-state index contributed by atoms with van der Waals surface area (Å²) in [6, 6.07) is -0.372. The van der Waals surface area contributed by atoms with Crippen LogP contribution >= 0.6 is 0 Å². The molecule has 0 spiro atoms. The van der Waals surface area contributed by atoms with Gasteiger partial charge in [-0.15, -0.1) is 0 Å². The molecule has 1 fully saturated rings. The summed E-state index contributed by atoms with van der Waals surface area (Å²) in [6.45, 7) is 4.91. The molecule has 1 amide bonds. The highest BCUT2D eigenvalue weighted by Crippen LogP contribution is 2.31. The van der Waals surface area contributed by atoms with Gasteiger partial charge in [-0.2, -0.15) is 0 Å². The standard InChI is InChI=1S/C15H31N3O/c1-12(2)10-13(16)14(19)17-11-15(18(3)4)8-6-5-7-9-15/h12-13H,5-11,16H2,1-4H3,(H,17,19)/t13-/m0/s1. The smallest absolute Gasteiger partial charge is 0.236 e. The van der Waals surface area contributed by atoms with Gasteiger partial charge in [0.2, 0.25) is 5.91 Å². The molecule has 112 valence electrons. The van der Waals surface area contributed by atoms with Crippen LogP contribution < -0.4 is 11.1 Å². The monoisotopic (exact) mass is 269 g/mol. The number of hydrogen-bond donors (Lipinski definition) is 2. The maximum Gasteiger partial charge on any atom is 0.236 e. The largest absolute Gasteiger partial charge is 0.353 e. The van der Waals surface area contributed by atoms with E-state index in [9.17, 15) is 4.79 Å². The third kappa shape index (κ3) is 4.77. The van der Waals surface area contributed by atoms with Gasteiger partial charge in [0.05, 0.1) is 6.04 Å². The fourth-order valence-electron chi connectivity index (χ4n) is 2.99. The average Bonchev–Trinajstić information content (AvgIpc) is 2.36. The van der Waals surface area contributed by atoms with Crippen LogP contribution in [0.5, 0.6) is 0 Å². The van der Waals surface area contributed by atoms with Gasteiger partial charge in [0, 0.05) is 12.1 Å². The van der Waals surface area contributed by atoms with Crippen LogP contribution in [0.25, 0.3) is 0 Å². The van der Waals surface area contributed by atoms with Crippen LogP contribution in [-0.2, 0) is 4.79 Å². The molecule has 0 aromatic rings. The summed E-state index contributed by atoms with van der Waals surface area (Å²) in [7, 11) is 4.23. The van der Waals surface area contributed by atoms with Crippen molar-refractivity contribution in [2.24, 2.45) is 11.7 Å². The van der Waals surface area contributed by atoms with Crippen molar-refractivity contribution in [1.29, 1.82) is 0 Å². The number of hydrogen-bond acceptors (Lipinski definition) is 3. The van der Waals surface area contributed by atoms with Crippen LogP contribution in [0.2, 0.25) is 0 Å². The first-order valence-electron chi connectivity index (χ1n) is 7.58. The Balaban J connectivity index is 2.50.